The van der Waals surface area contributed by atoms with Crippen molar-refractivity contribution in [3.8, 4) is 0 Å². The maximum absolute atomic E-state index is 13.6. The number of hydrogen-bond donors (Lipinski definition) is 1. The third kappa shape index (κ3) is 4.89. The zero-order valence-corrected chi connectivity index (χ0v) is 14.7. The first-order valence-corrected chi connectivity index (χ1v) is 8.91. The van der Waals surface area contributed by atoms with E-state index in [1.54, 1.807) is 13.0 Å². The molecule has 4 heteroatoms. The summed E-state index contributed by atoms with van der Waals surface area (Å²) in [7, 11) is 0. The molecule has 2 aromatic carbocycles. The second kappa shape index (κ2) is 8.26. The largest absolute Gasteiger partial charge is 0.353 e. The van der Waals surface area contributed by atoms with Gasteiger partial charge in [-0.2, -0.15) is 0 Å². The molecule has 0 saturated carbocycles. The Balaban J connectivity index is 1.45. The molecular weight excluding hydrogens is 315 g/mol. The van der Waals surface area contributed by atoms with Gasteiger partial charge in [0.15, 0.2) is 0 Å². The van der Waals surface area contributed by atoms with Crippen molar-refractivity contribution in [2.24, 2.45) is 0 Å². The molecule has 0 atom stereocenters. The number of rotatable bonds is 5. The highest BCUT2D eigenvalue weighted by molar-refractivity contribution is 5.79. The van der Waals surface area contributed by atoms with Crippen LogP contribution in [0.15, 0.2) is 48.5 Å². The summed E-state index contributed by atoms with van der Waals surface area (Å²) in [5.74, 6) is -0.269. The SMILES string of the molecule is Cc1c(F)cccc1CC(=O)NC1CCN(Cc2ccccc2)CC1. The molecule has 1 aliphatic rings. The fourth-order valence-corrected chi connectivity index (χ4v) is 3.37. The highest BCUT2D eigenvalue weighted by Crippen LogP contribution is 2.15. The standard InChI is InChI=1S/C21H25FN2O/c1-16-18(8-5-9-20(16)22)14-21(25)23-19-10-12-24(13-11-19)15-17-6-3-2-4-7-17/h2-9,19H,10-15H2,1H3,(H,23,25). The number of halogens is 1. The summed E-state index contributed by atoms with van der Waals surface area (Å²) in [4.78, 5) is 14.7. The highest BCUT2D eigenvalue weighted by atomic mass is 19.1. The number of carbonyl (C=O) groups is 1. The number of piperidine rings is 1. The van der Waals surface area contributed by atoms with Crippen LogP contribution in [0.25, 0.3) is 0 Å². The van der Waals surface area contributed by atoms with Gasteiger partial charge in [0.05, 0.1) is 6.42 Å². The van der Waals surface area contributed by atoms with Crippen LogP contribution in [0.2, 0.25) is 0 Å². The lowest BCUT2D eigenvalue weighted by Crippen LogP contribution is -2.44. The van der Waals surface area contributed by atoms with Crippen molar-refractivity contribution >= 4 is 5.91 Å². The summed E-state index contributed by atoms with van der Waals surface area (Å²) in [6.07, 6.45) is 2.16. The molecule has 0 unspecified atom stereocenters. The Hall–Kier alpha value is -2.20. The summed E-state index contributed by atoms with van der Waals surface area (Å²) in [6, 6.07) is 15.6. The van der Waals surface area contributed by atoms with Gasteiger partial charge in [-0.25, -0.2) is 4.39 Å². The Morgan fingerprint density at radius 1 is 1.12 bits per heavy atom. The van der Waals surface area contributed by atoms with Crippen LogP contribution in [0.1, 0.15) is 29.5 Å². The molecule has 1 saturated heterocycles. The second-order valence-corrected chi connectivity index (χ2v) is 6.80. The molecule has 0 radical (unpaired) electrons. The van der Waals surface area contributed by atoms with Gasteiger partial charge in [0, 0.05) is 25.7 Å². The van der Waals surface area contributed by atoms with E-state index in [1.165, 1.54) is 11.6 Å². The van der Waals surface area contributed by atoms with Gasteiger partial charge in [0.2, 0.25) is 5.91 Å². The molecular formula is C21H25FN2O. The van der Waals surface area contributed by atoms with Crippen molar-refractivity contribution in [2.75, 3.05) is 13.1 Å². The lowest BCUT2D eigenvalue weighted by Gasteiger charge is -2.32. The van der Waals surface area contributed by atoms with Crippen LogP contribution in [0, 0.1) is 12.7 Å². The minimum Gasteiger partial charge on any atom is -0.353 e. The molecule has 0 bridgehead atoms. The molecule has 1 fully saturated rings. The first-order chi connectivity index (χ1) is 12.1. The molecule has 0 aromatic heterocycles. The Labute approximate surface area is 148 Å². The van der Waals surface area contributed by atoms with Crippen molar-refractivity contribution in [3.63, 3.8) is 0 Å². The van der Waals surface area contributed by atoms with Crippen LogP contribution in [0.4, 0.5) is 4.39 Å². The van der Waals surface area contributed by atoms with Gasteiger partial charge in [0.25, 0.3) is 0 Å². The Morgan fingerprint density at radius 2 is 1.84 bits per heavy atom. The van der Waals surface area contributed by atoms with Crippen molar-refractivity contribution < 1.29 is 9.18 Å². The minimum atomic E-state index is -0.250. The normalized spacial score (nSPS) is 15.9. The van der Waals surface area contributed by atoms with Crippen LogP contribution < -0.4 is 5.32 Å². The van der Waals surface area contributed by atoms with E-state index in [0.29, 0.717) is 5.56 Å². The molecule has 132 valence electrons. The quantitative estimate of drug-likeness (QED) is 0.904. The van der Waals surface area contributed by atoms with E-state index in [-0.39, 0.29) is 24.2 Å². The van der Waals surface area contributed by atoms with Crippen LogP contribution in [0.3, 0.4) is 0 Å². The molecule has 3 rings (SSSR count). The number of nitrogens with zero attached hydrogens (tertiary/aromatic N) is 1. The van der Waals surface area contributed by atoms with Crippen molar-refractivity contribution in [1.82, 2.24) is 10.2 Å². The van der Waals surface area contributed by atoms with E-state index in [4.69, 9.17) is 0 Å². The highest BCUT2D eigenvalue weighted by Gasteiger charge is 2.21. The predicted molar refractivity (Wildman–Crippen MR) is 97.7 cm³/mol. The summed E-state index contributed by atoms with van der Waals surface area (Å²) < 4.78 is 13.6. The number of carbonyl (C=O) groups excluding carboxylic acids is 1. The zero-order valence-electron chi connectivity index (χ0n) is 14.7. The lowest BCUT2D eigenvalue weighted by atomic mass is 10.0. The Bertz CT molecular complexity index is 709. The molecule has 1 N–H and O–H groups in total. The third-order valence-corrected chi connectivity index (χ3v) is 4.93. The smallest absolute Gasteiger partial charge is 0.224 e. The first kappa shape index (κ1) is 17.6. The van der Waals surface area contributed by atoms with Gasteiger partial charge in [-0.05, 0) is 42.5 Å². The predicted octanol–water partition coefficient (Wildman–Crippen LogP) is 3.46. The summed E-state index contributed by atoms with van der Waals surface area (Å²) in [5, 5.41) is 3.11. The van der Waals surface area contributed by atoms with Crippen molar-refractivity contribution in [1.29, 1.82) is 0 Å². The molecule has 0 aliphatic carbocycles. The molecule has 1 heterocycles. The van der Waals surface area contributed by atoms with Gasteiger partial charge in [-0.1, -0.05) is 42.5 Å². The molecule has 25 heavy (non-hydrogen) atoms. The van der Waals surface area contributed by atoms with Crippen LogP contribution in [-0.4, -0.2) is 29.9 Å². The monoisotopic (exact) mass is 340 g/mol. The average molecular weight is 340 g/mol. The third-order valence-electron chi connectivity index (χ3n) is 4.93. The molecule has 1 amide bonds. The number of nitrogens with one attached hydrogen (secondary N) is 1. The Morgan fingerprint density at radius 3 is 2.56 bits per heavy atom. The fourth-order valence-electron chi connectivity index (χ4n) is 3.37. The number of benzene rings is 2. The molecule has 2 aromatic rings. The second-order valence-electron chi connectivity index (χ2n) is 6.80. The van der Waals surface area contributed by atoms with Gasteiger partial charge in [0.1, 0.15) is 5.82 Å². The van der Waals surface area contributed by atoms with Crippen LogP contribution in [0.5, 0.6) is 0 Å². The molecule has 0 spiro atoms. The van der Waals surface area contributed by atoms with Crippen LogP contribution >= 0.6 is 0 Å². The van der Waals surface area contributed by atoms with E-state index < -0.39 is 0 Å². The van der Waals surface area contributed by atoms with E-state index in [2.05, 4.69) is 34.5 Å². The van der Waals surface area contributed by atoms with Crippen molar-refractivity contribution in [2.45, 2.75) is 38.8 Å². The summed E-state index contributed by atoms with van der Waals surface area (Å²) in [6.45, 7) is 4.65. The van der Waals surface area contributed by atoms with Gasteiger partial charge in [-0.3, -0.25) is 9.69 Å². The molecule has 3 nitrogen and oxygen atoms in total. The van der Waals surface area contributed by atoms with E-state index in [9.17, 15) is 9.18 Å². The van der Waals surface area contributed by atoms with Gasteiger partial charge in [-0.15, -0.1) is 0 Å². The maximum atomic E-state index is 13.6. The number of amides is 1. The van der Waals surface area contributed by atoms with Crippen molar-refractivity contribution in [3.05, 3.63) is 71.0 Å². The topological polar surface area (TPSA) is 32.3 Å². The van der Waals surface area contributed by atoms with E-state index in [0.717, 1.165) is 38.0 Å². The minimum absolute atomic E-state index is 0.0183. The zero-order chi connectivity index (χ0) is 17.6. The lowest BCUT2D eigenvalue weighted by molar-refractivity contribution is -0.121. The van der Waals surface area contributed by atoms with E-state index in [1.807, 2.05) is 12.1 Å². The average Bonchev–Trinajstić information content (AvgIpc) is 2.62. The summed E-state index contributed by atoms with van der Waals surface area (Å²) in [5.41, 5.74) is 2.65. The van der Waals surface area contributed by atoms with Gasteiger partial charge < -0.3 is 5.32 Å². The van der Waals surface area contributed by atoms with Crippen LogP contribution in [-0.2, 0) is 17.8 Å². The fraction of sp³-hybridized carbons (Fsp3) is 0.381. The number of hydrogen-bond acceptors (Lipinski definition) is 2. The van der Waals surface area contributed by atoms with Gasteiger partial charge >= 0.3 is 0 Å². The first-order valence-electron chi connectivity index (χ1n) is 8.91. The Kier molecular flexibility index (Phi) is 5.82. The number of likely N-dealkylation sites (tertiary alicyclic amines) is 1. The summed E-state index contributed by atoms with van der Waals surface area (Å²) >= 11 is 0. The molecule has 1 aliphatic heterocycles. The maximum Gasteiger partial charge on any atom is 0.224 e. The van der Waals surface area contributed by atoms with E-state index >= 15 is 0 Å².